The van der Waals surface area contributed by atoms with Crippen LogP contribution in [0.4, 0.5) is 0 Å². The molecule has 1 amide bonds. The lowest BCUT2D eigenvalue weighted by Gasteiger charge is -2.39. The molecule has 1 aromatic rings. The fourth-order valence-electron chi connectivity index (χ4n) is 4.29. The number of carbonyl (C=O) groups is 1. The van der Waals surface area contributed by atoms with Gasteiger partial charge in [0.1, 0.15) is 0 Å². The number of amidine groups is 1. The predicted octanol–water partition coefficient (Wildman–Crippen LogP) is 6.61. The Morgan fingerprint density at radius 2 is 1.63 bits per heavy atom. The average molecular weight is 452 g/mol. The van der Waals surface area contributed by atoms with Crippen molar-refractivity contribution in [2.45, 2.75) is 78.2 Å². The van der Waals surface area contributed by atoms with Crippen molar-refractivity contribution in [3.8, 4) is 0 Å². The van der Waals surface area contributed by atoms with Crippen LogP contribution in [-0.4, -0.2) is 23.5 Å². The van der Waals surface area contributed by atoms with Crippen LogP contribution in [-0.2, 0) is 0 Å². The number of nitrogens with two attached hydrogens (primary N) is 1. The molecule has 0 aliphatic rings. The summed E-state index contributed by atoms with van der Waals surface area (Å²) in [5.74, 6) is 3.73. The number of hydrogen-bond acceptors (Lipinski definition) is 4. The smallest absolute Gasteiger partial charge is 0.248 e. The first-order valence-corrected chi connectivity index (χ1v) is 13.6. The molecule has 1 rings (SSSR count). The van der Waals surface area contributed by atoms with Gasteiger partial charge in [0.15, 0.2) is 0 Å². The van der Waals surface area contributed by atoms with Crippen molar-refractivity contribution < 1.29 is 4.79 Å². The summed E-state index contributed by atoms with van der Waals surface area (Å²) in [6.45, 7) is 13.9. The van der Waals surface area contributed by atoms with E-state index in [9.17, 15) is 4.79 Å². The largest absolute Gasteiger partial charge is 0.371 e. The second kappa shape index (κ2) is 14.0. The van der Waals surface area contributed by atoms with Gasteiger partial charge in [0.25, 0.3) is 0 Å². The zero-order valence-corrected chi connectivity index (χ0v) is 21.2. The fraction of sp³-hybridized carbons (Fsp3) is 0.667. The van der Waals surface area contributed by atoms with E-state index in [-0.39, 0.29) is 0 Å². The van der Waals surface area contributed by atoms with Gasteiger partial charge >= 0.3 is 0 Å². The normalized spacial score (nSPS) is 16.3. The second-order valence-corrected chi connectivity index (χ2v) is 10.9. The van der Waals surface area contributed by atoms with Crippen LogP contribution < -0.4 is 11.1 Å². The topological polar surface area (TPSA) is 79.0 Å². The molecular weight excluding hydrogens is 410 g/mol. The summed E-state index contributed by atoms with van der Waals surface area (Å²) in [6, 6.07) is 7.66. The summed E-state index contributed by atoms with van der Waals surface area (Å²) in [4.78, 5) is 12.2. The number of benzene rings is 1. The van der Waals surface area contributed by atoms with E-state index in [2.05, 4.69) is 46.9 Å². The molecule has 0 saturated carbocycles. The lowest BCUT2D eigenvalue weighted by molar-refractivity contribution is 0.1000. The SMILES string of the molecule is CCC(C)C(CC)C(C(C)CC)C(C)NC(=N)CCSSc1ccc(C(N)=O)cc1. The van der Waals surface area contributed by atoms with E-state index < -0.39 is 5.91 Å². The zero-order valence-electron chi connectivity index (χ0n) is 19.5. The molecule has 0 aliphatic heterocycles. The monoisotopic (exact) mass is 451 g/mol. The Kier molecular flexibility index (Phi) is 12.6. The summed E-state index contributed by atoms with van der Waals surface area (Å²) in [5.41, 5.74) is 5.81. The van der Waals surface area contributed by atoms with Crippen molar-refractivity contribution in [2.24, 2.45) is 29.4 Å². The van der Waals surface area contributed by atoms with E-state index in [1.165, 1.54) is 19.3 Å². The maximum atomic E-state index is 11.1. The molecule has 4 nitrogen and oxygen atoms in total. The van der Waals surface area contributed by atoms with Crippen LogP contribution in [0.2, 0.25) is 0 Å². The van der Waals surface area contributed by atoms with Gasteiger partial charge in [-0.05, 0) is 54.9 Å². The molecule has 0 saturated heterocycles. The van der Waals surface area contributed by atoms with Crippen LogP contribution in [0, 0.1) is 29.1 Å². The molecule has 6 heteroatoms. The summed E-state index contributed by atoms with van der Waals surface area (Å²) in [5, 5.41) is 12.0. The molecule has 5 unspecified atom stereocenters. The molecule has 5 atom stereocenters. The minimum Gasteiger partial charge on any atom is -0.371 e. The molecule has 1 aromatic carbocycles. The van der Waals surface area contributed by atoms with Crippen molar-refractivity contribution in [1.82, 2.24) is 5.32 Å². The Morgan fingerprint density at radius 1 is 1.03 bits per heavy atom. The molecule has 4 N–H and O–H groups in total. The van der Waals surface area contributed by atoms with E-state index in [4.69, 9.17) is 11.1 Å². The predicted molar refractivity (Wildman–Crippen MR) is 134 cm³/mol. The van der Waals surface area contributed by atoms with Gasteiger partial charge < -0.3 is 11.1 Å². The summed E-state index contributed by atoms with van der Waals surface area (Å²) in [6.07, 6.45) is 4.32. The van der Waals surface area contributed by atoms with Gasteiger partial charge in [-0.3, -0.25) is 10.2 Å². The molecule has 0 heterocycles. The van der Waals surface area contributed by atoms with Crippen LogP contribution in [0.1, 0.15) is 77.6 Å². The maximum absolute atomic E-state index is 11.1. The lowest BCUT2D eigenvalue weighted by atomic mass is 9.70. The van der Waals surface area contributed by atoms with E-state index in [1.54, 1.807) is 33.7 Å². The molecule has 30 heavy (non-hydrogen) atoms. The maximum Gasteiger partial charge on any atom is 0.248 e. The molecule has 170 valence electrons. The third kappa shape index (κ3) is 8.54. The number of nitrogens with one attached hydrogen (secondary N) is 2. The first-order chi connectivity index (χ1) is 14.2. The minimum atomic E-state index is -0.401. The van der Waals surface area contributed by atoms with E-state index in [1.807, 2.05) is 12.1 Å². The van der Waals surface area contributed by atoms with Gasteiger partial charge in [-0.25, -0.2) is 0 Å². The Hall–Kier alpha value is -1.14. The highest BCUT2D eigenvalue weighted by Gasteiger charge is 2.32. The highest BCUT2D eigenvalue weighted by Crippen LogP contribution is 2.36. The third-order valence-corrected chi connectivity index (χ3v) is 8.73. The zero-order chi connectivity index (χ0) is 22.7. The number of rotatable bonds is 14. The molecule has 0 aromatic heterocycles. The highest BCUT2D eigenvalue weighted by atomic mass is 33.1. The Labute approximate surface area is 191 Å². The summed E-state index contributed by atoms with van der Waals surface area (Å²) >= 11 is 0. The summed E-state index contributed by atoms with van der Waals surface area (Å²) in [7, 11) is 3.41. The molecule has 0 bridgehead atoms. The van der Waals surface area contributed by atoms with Crippen LogP contribution in [0.15, 0.2) is 29.2 Å². The van der Waals surface area contributed by atoms with Crippen molar-refractivity contribution in [1.29, 1.82) is 5.41 Å². The van der Waals surface area contributed by atoms with Gasteiger partial charge in [0, 0.05) is 28.7 Å². The Bertz CT molecular complexity index is 650. The second-order valence-electron chi connectivity index (χ2n) is 8.38. The van der Waals surface area contributed by atoms with Crippen molar-refractivity contribution in [2.75, 3.05) is 5.75 Å². The minimum absolute atomic E-state index is 0.311. The van der Waals surface area contributed by atoms with Crippen LogP contribution >= 0.6 is 21.6 Å². The van der Waals surface area contributed by atoms with Crippen molar-refractivity contribution >= 4 is 33.3 Å². The van der Waals surface area contributed by atoms with Crippen molar-refractivity contribution in [3.63, 3.8) is 0 Å². The third-order valence-electron chi connectivity index (χ3n) is 6.35. The molecule has 0 spiro atoms. The van der Waals surface area contributed by atoms with Gasteiger partial charge in [-0.1, -0.05) is 75.5 Å². The summed E-state index contributed by atoms with van der Waals surface area (Å²) < 4.78 is 0. The van der Waals surface area contributed by atoms with E-state index in [0.29, 0.717) is 41.1 Å². The lowest BCUT2D eigenvalue weighted by Crippen LogP contribution is -2.44. The van der Waals surface area contributed by atoms with E-state index in [0.717, 1.165) is 17.1 Å². The van der Waals surface area contributed by atoms with Gasteiger partial charge in [0.2, 0.25) is 5.91 Å². The number of amides is 1. The first kappa shape index (κ1) is 26.9. The van der Waals surface area contributed by atoms with Crippen molar-refractivity contribution in [3.05, 3.63) is 29.8 Å². The number of carbonyl (C=O) groups excluding carboxylic acids is 1. The van der Waals surface area contributed by atoms with Crippen LogP contribution in [0.3, 0.4) is 0 Å². The highest BCUT2D eigenvalue weighted by molar-refractivity contribution is 8.76. The number of primary amides is 1. The Morgan fingerprint density at radius 3 is 2.13 bits per heavy atom. The Balaban J connectivity index is 2.53. The van der Waals surface area contributed by atoms with Crippen LogP contribution in [0.25, 0.3) is 0 Å². The van der Waals surface area contributed by atoms with Gasteiger partial charge in [0.05, 0.1) is 5.84 Å². The first-order valence-electron chi connectivity index (χ1n) is 11.3. The molecule has 0 aliphatic carbocycles. The molecule has 0 radical (unpaired) electrons. The average Bonchev–Trinajstić information content (AvgIpc) is 2.74. The van der Waals surface area contributed by atoms with Gasteiger partial charge in [-0.15, -0.1) is 0 Å². The van der Waals surface area contributed by atoms with Gasteiger partial charge in [-0.2, -0.15) is 0 Å². The van der Waals surface area contributed by atoms with Crippen LogP contribution in [0.5, 0.6) is 0 Å². The fourth-order valence-corrected chi connectivity index (χ4v) is 6.28. The molecule has 0 fully saturated rings. The quantitative estimate of drug-likeness (QED) is 0.129. The number of hydrogen-bond donors (Lipinski definition) is 3. The molecular formula is C24H41N3OS2. The standard InChI is InChI=1S/C24H41N3OS2/c1-7-16(4)21(9-3)23(17(5)8-2)18(6)27-22(25)14-15-29-30-20-12-10-19(11-13-20)24(26)28/h10-13,16-18,21,23H,7-9,14-15H2,1-6H3,(H2,25,27)(H2,26,28). The van der Waals surface area contributed by atoms with E-state index >= 15 is 0 Å².